The third-order valence-electron chi connectivity index (χ3n) is 1.54. The summed E-state index contributed by atoms with van der Waals surface area (Å²) in [6.07, 6.45) is 1.42. The molecule has 0 saturated heterocycles. The number of carbonyl (C=O) groups excluding carboxylic acids is 1. The van der Waals surface area contributed by atoms with Gasteiger partial charge in [0.05, 0.1) is 0 Å². The largest absolute Gasteiger partial charge is 0.432 e. The maximum absolute atomic E-state index is 10.6. The molecule has 0 aromatic heterocycles. The van der Waals surface area contributed by atoms with Crippen LogP contribution in [0.3, 0.4) is 0 Å². The molecule has 0 aromatic rings. The lowest BCUT2D eigenvalue weighted by atomic mass is 10.1. The molecule has 4 heteroatoms. The molecule has 0 aliphatic heterocycles. The molecule has 0 aliphatic carbocycles. The number of hydrogen-bond donors (Lipinski definition) is 2. The van der Waals surface area contributed by atoms with E-state index in [0.717, 1.165) is 6.08 Å². The maximum atomic E-state index is 10.6. The number of rotatable bonds is 6. The van der Waals surface area contributed by atoms with Crippen molar-refractivity contribution in [3.8, 4) is 0 Å². The molecule has 0 rings (SSSR count). The van der Waals surface area contributed by atoms with Crippen LogP contribution in [0.25, 0.3) is 0 Å². The van der Waals surface area contributed by atoms with E-state index in [-0.39, 0.29) is 6.61 Å². The van der Waals surface area contributed by atoms with Gasteiger partial charge in [-0.3, -0.25) is 0 Å². The zero-order valence-corrected chi connectivity index (χ0v) is 7.35. The molecule has 0 bridgehead atoms. The molecule has 0 aliphatic rings. The standard InChI is InChI=1S/C9H14O4/c1-3-7(5-6-10)9(12)13-8(11)4-2/h3-4,7,9-10,12H,1-2,5-6H2. The average molecular weight is 186 g/mol. The second-order valence-corrected chi connectivity index (χ2v) is 2.44. The van der Waals surface area contributed by atoms with Crippen LogP contribution in [0.15, 0.2) is 25.3 Å². The highest BCUT2D eigenvalue weighted by Gasteiger charge is 2.18. The lowest BCUT2D eigenvalue weighted by Crippen LogP contribution is -2.25. The van der Waals surface area contributed by atoms with Crippen LogP contribution in [0.4, 0.5) is 0 Å². The zero-order valence-electron chi connectivity index (χ0n) is 7.35. The van der Waals surface area contributed by atoms with Gasteiger partial charge in [0.2, 0.25) is 6.29 Å². The summed E-state index contributed by atoms with van der Waals surface area (Å²) in [5.74, 6) is -1.15. The number of carbonyl (C=O) groups is 1. The van der Waals surface area contributed by atoms with E-state index in [1.165, 1.54) is 6.08 Å². The second-order valence-electron chi connectivity index (χ2n) is 2.44. The van der Waals surface area contributed by atoms with Crippen molar-refractivity contribution in [1.82, 2.24) is 0 Å². The van der Waals surface area contributed by atoms with E-state index in [2.05, 4.69) is 17.9 Å². The van der Waals surface area contributed by atoms with Crippen molar-refractivity contribution in [2.75, 3.05) is 6.61 Å². The van der Waals surface area contributed by atoms with E-state index in [4.69, 9.17) is 5.11 Å². The first-order chi connectivity index (χ1) is 6.15. The average Bonchev–Trinajstić information content (AvgIpc) is 2.13. The second kappa shape index (κ2) is 6.39. The van der Waals surface area contributed by atoms with Crippen LogP contribution in [0, 0.1) is 5.92 Å². The number of esters is 1. The van der Waals surface area contributed by atoms with Gasteiger partial charge >= 0.3 is 5.97 Å². The Morgan fingerprint density at radius 3 is 2.54 bits per heavy atom. The Labute approximate surface area is 77.1 Å². The first kappa shape index (κ1) is 11.9. The molecule has 0 amide bonds. The third-order valence-corrected chi connectivity index (χ3v) is 1.54. The van der Waals surface area contributed by atoms with E-state index in [1.54, 1.807) is 0 Å². The number of aliphatic hydroxyl groups excluding tert-OH is 2. The molecular formula is C9H14O4. The molecular weight excluding hydrogens is 172 g/mol. The van der Waals surface area contributed by atoms with Gasteiger partial charge in [0.1, 0.15) is 0 Å². The topological polar surface area (TPSA) is 66.8 Å². The van der Waals surface area contributed by atoms with Crippen LogP contribution in [0.5, 0.6) is 0 Å². The van der Waals surface area contributed by atoms with Crippen LogP contribution in [0.1, 0.15) is 6.42 Å². The minimum absolute atomic E-state index is 0.0978. The Kier molecular flexibility index (Phi) is 5.84. The number of ether oxygens (including phenoxy) is 1. The number of aliphatic hydroxyl groups is 2. The summed E-state index contributed by atoms with van der Waals surface area (Å²) in [6, 6.07) is 0. The molecule has 2 N–H and O–H groups in total. The Bertz CT molecular complexity index is 188. The van der Waals surface area contributed by atoms with Gasteiger partial charge < -0.3 is 14.9 Å². The lowest BCUT2D eigenvalue weighted by Gasteiger charge is -2.17. The highest BCUT2D eigenvalue weighted by atomic mass is 16.6. The maximum Gasteiger partial charge on any atom is 0.332 e. The van der Waals surface area contributed by atoms with Gasteiger partial charge in [-0.15, -0.1) is 6.58 Å². The van der Waals surface area contributed by atoms with E-state index < -0.39 is 18.2 Å². The van der Waals surface area contributed by atoms with Crippen LogP contribution in [-0.2, 0) is 9.53 Å². The first-order valence-corrected chi connectivity index (χ1v) is 3.90. The van der Waals surface area contributed by atoms with Crippen molar-refractivity contribution in [3.63, 3.8) is 0 Å². The lowest BCUT2D eigenvalue weighted by molar-refractivity contribution is -0.168. The summed E-state index contributed by atoms with van der Waals surface area (Å²) in [5.41, 5.74) is 0. The predicted octanol–water partition coefficient (Wildman–Crippen LogP) is 0.219. The molecule has 0 fully saturated rings. The van der Waals surface area contributed by atoms with Crippen molar-refractivity contribution in [3.05, 3.63) is 25.3 Å². The normalized spacial score (nSPS) is 14.3. The molecule has 74 valence electrons. The van der Waals surface area contributed by atoms with E-state index >= 15 is 0 Å². The zero-order chi connectivity index (χ0) is 10.3. The third kappa shape index (κ3) is 4.45. The quantitative estimate of drug-likeness (QED) is 0.269. The van der Waals surface area contributed by atoms with Crippen LogP contribution in [0.2, 0.25) is 0 Å². The van der Waals surface area contributed by atoms with Crippen LogP contribution >= 0.6 is 0 Å². The summed E-state index contributed by atoms with van der Waals surface area (Å²) < 4.78 is 4.52. The molecule has 2 unspecified atom stereocenters. The highest BCUT2D eigenvalue weighted by Crippen LogP contribution is 2.11. The van der Waals surface area contributed by atoms with Gasteiger partial charge in [-0.05, 0) is 6.42 Å². The summed E-state index contributed by atoms with van der Waals surface area (Å²) in [4.78, 5) is 10.6. The minimum atomic E-state index is -1.27. The van der Waals surface area contributed by atoms with Crippen molar-refractivity contribution >= 4 is 5.97 Å². The van der Waals surface area contributed by atoms with Crippen molar-refractivity contribution in [2.24, 2.45) is 5.92 Å². The van der Waals surface area contributed by atoms with Crippen molar-refractivity contribution in [2.45, 2.75) is 12.7 Å². The Morgan fingerprint density at radius 1 is 1.54 bits per heavy atom. The Hall–Kier alpha value is -1.13. The van der Waals surface area contributed by atoms with Crippen LogP contribution in [-0.4, -0.2) is 29.1 Å². The van der Waals surface area contributed by atoms with Gasteiger partial charge in [0.15, 0.2) is 0 Å². The van der Waals surface area contributed by atoms with E-state index in [1.807, 2.05) is 0 Å². The van der Waals surface area contributed by atoms with Crippen LogP contribution < -0.4 is 0 Å². The van der Waals surface area contributed by atoms with Crippen molar-refractivity contribution < 1.29 is 19.7 Å². The minimum Gasteiger partial charge on any atom is -0.432 e. The smallest absolute Gasteiger partial charge is 0.332 e. The fourth-order valence-corrected chi connectivity index (χ4v) is 0.780. The molecule has 0 saturated carbocycles. The Balaban J connectivity index is 4.03. The summed E-state index contributed by atoms with van der Waals surface area (Å²) in [5, 5.41) is 17.9. The van der Waals surface area contributed by atoms with E-state index in [0.29, 0.717) is 6.42 Å². The molecule has 0 spiro atoms. The van der Waals surface area contributed by atoms with Gasteiger partial charge in [-0.1, -0.05) is 12.7 Å². The monoisotopic (exact) mass is 186 g/mol. The summed E-state index contributed by atoms with van der Waals surface area (Å²) in [7, 11) is 0. The first-order valence-electron chi connectivity index (χ1n) is 3.90. The Morgan fingerprint density at radius 2 is 2.15 bits per heavy atom. The molecule has 0 aromatic carbocycles. The molecule has 2 atom stereocenters. The molecule has 13 heavy (non-hydrogen) atoms. The van der Waals surface area contributed by atoms with Gasteiger partial charge in [0, 0.05) is 18.6 Å². The SMILES string of the molecule is C=CC(=O)OC(O)C(C=C)CCO. The van der Waals surface area contributed by atoms with E-state index in [9.17, 15) is 9.90 Å². The molecule has 4 nitrogen and oxygen atoms in total. The van der Waals surface area contributed by atoms with Crippen molar-refractivity contribution in [1.29, 1.82) is 0 Å². The van der Waals surface area contributed by atoms with Gasteiger partial charge in [-0.2, -0.15) is 0 Å². The van der Waals surface area contributed by atoms with Gasteiger partial charge in [0.25, 0.3) is 0 Å². The summed E-state index contributed by atoms with van der Waals surface area (Å²) in [6.45, 7) is 6.53. The molecule has 0 heterocycles. The highest BCUT2D eigenvalue weighted by molar-refractivity contribution is 5.81. The fourth-order valence-electron chi connectivity index (χ4n) is 0.780. The molecule has 0 radical (unpaired) electrons. The van der Waals surface area contributed by atoms with Gasteiger partial charge in [-0.25, -0.2) is 4.79 Å². The summed E-state index contributed by atoms with van der Waals surface area (Å²) >= 11 is 0. The number of hydrogen-bond acceptors (Lipinski definition) is 4. The predicted molar refractivity (Wildman–Crippen MR) is 47.7 cm³/mol. The fraction of sp³-hybridized carbons (Fsp3) is 0.444.